The third-order valence-electron chi connectivity index (χ3n) is 2.61. The van der Waals surface area contributed by atoms with Crippen molar-refractivity contribution >= 4 is 11.3 Å². The molecule has 2 unspecified atom stereocenters. The van der Waals surface area contributed by atoms with Gasteiger partial charge >= 0.3 is 0 Å². The average molecular weight is 213 g/mol. The van der Waals surface area contributed by atoms with Crippen molar-refractivity contribution in [1.29, 1.82) is 0 Å². The van der Waals surface area contributed by atoms with Crippen LogP contribution in [0.5, 0.6) is 0 Å². The molecule has 1 rings (SSSR count). The van der Waals surface area contributed by atoms with Crippen molar-refractivity contribution in [3.63, 3.8) is 0 Å². The highest BCUT2D eigenvalue weighted by atomic mass is 32.1. The minimum Gasteiger partial charge on any atom is -0.271 e. The fourth-order valence-corrected chi connectivity index (χ4v) is 2.69. The Morgan fingerprint density at radius 1 is 1.50 bits per heavy atom. The number of aryl methyl sites for hydroxylation is 2. The van der Waals surface area contributed by atoms with E-state index in [0.717, 1.165) is 17.1 Å². The van der Waals surface area contributed by atoms with Gasteiger partial charge in [0.1, 0.15) is 0 Å². The molecule has 0 aromatic carbocycles. The number of thiazole rings is 1. The maximum atomic E-state index is 5.59. The fourth-order valence-electron chi connectivity index (χ4n) is 1.57. The third kappa shape index (κ3) is 2.32. The van der Waals surface area contributed by atoms with E-state index in [1.165, 1.54) is 4.88 Å². The minimum atomic E-state index is 0.242. The van der Waals surface area contributed by atoms with E-state index in [4.69, 9.17) is 5.84 Å². The van der Waals surface area contributed by atoms with Crippen molar-refractivity contribution < 1.29 is 0 Å². The molecule has 0 aliphatic rings. The van der Waals surface area contributed by atoms with Gasteiger partial charge in [0.2, 0.25) is 0 Å². The monoisotopic (exact) mass is 213 g/mol. The maximum absolute atomic E-state index is 5.59. The first-order valence-corrected chi connectivity index (χ1v) is 5.81. The average Bonchev–Trinajstić information content (AvgIpc) is 2.47. The van der Waals surface area contributed by atoms with Crippen molar-refractivity contribution in [3.8, 4) is 0 Å². The molecule has 0 aliphatic heterocycles. The molecule has 0 amide bonds. The Balaban J connectivity index is 2.94. The van der Waals surface area contributed by atoms with Crippen LogP contribution < -0.4 is 11.3 Å². The number of hydrazine groups is 1. The Morgan fingerprint density at radius 2 is 2.14 bits per heavy atom. The Kier molecular flexibility index (Phi) is 4.04. The van der Waals surface area contributed by atoms with Gasteiger partial charge < -0.3 is 0 Å². The molecule has 3 nitrogen and oxygen atoms in total. The molecule has 80 valence electrons. The van der Waals surface area contributed by atoms with Gasteiger partial charge in [-0.2, -0.15) is 0 Å². The second kappa shape index (κ2) is 4.87. The number of nitrogens with two attached hydrogens (primary N) is 1. The van der Waals surface area contributed by atoms with E-state index in [1.54, 1.807) is 11.3 Å². The Labute approximate surface area is 89.7 Å². The highest BCUT2D eigenvalue weighted by Crippen LogP contribution is 2.30. The molecule has 4 heteroatoms. The lowest BCUT2D eigenvalue weighted by atomic mass is 9.98. The van der Waals surface area contributed by atoms with Gasteiger partial charge in [-0.05, 0) is 19.8 Å². The van der Waals surface area contributed by atoms with E-state index in [0.29, 0.717) is 5.92 Å². The zero-order chi connectivity index (χ0) is 10.7. The van der Waals surface area contributed by atoms with Crippen LogP contribution in [-0.4, -0.2) is 4.98 Å². The van der Waals surface area contributed by atoms with E-state index in [2.05, 4.69) is 24.3 Å². The standard InChI is InChI=1S/C10H19N3S/c1-5-6(2)9(13-11)10-7(3)12-8(4)14-10/h6,9,13H,5,11H2,1-4H3. The summed E-state index contributed by atoms with van der Waals surface area (Å²) in [7, 11) is 0. The van der Waals surface area contributed by atoms with Gasteiger partial charge in [-0.25, -0.2) is 4.98 Å². The first-order chi connectivity index (χ1) is 6.60. The van der Waals surface area contributed by atoms with Gasteiger partial charge in [-0.15, -0.1) is 11.3 Å². The molecule has 0 bridgehead atoms. The van der Waals surface area contributed by atoms with Crippen LogP contribution in [0.3, 0.4) is 0 Å². The lowest BCUT2D eigenvalue weighted by Gasteiger charge is -2.21. The molecule has 0 saturated carbocycles. The molecule has 0 aliphatic carbocycles. The van der Waals surface area contributed by atoms with E-state index < -0.39 is 0 Å². The van der Waals surface area contributed by atoms with Gasteiger partial charge in [0.05, 0.1) is 16.7 Å². The van der Waals surface area contributed by atoms with Gasteiger partial charge in [0.25, 0.3) is 0 Å². The molecule has 0 spiro atoms. The largest absolute Gasteiger partial charge is 0.271 e. The zero-order valence-electron chi connectivity index (χ0n) is 9.29. The van der Waals surface area contributed by atoms with Crippen molar-refractivity contribution in [3.05, 3.63) is 15.6 Å². The summed E-state index contributed by atoms with van der Waals surface area (Å²) in [5, 5.41) is 1.11. The molecule has 2 atom stereocenters. The van der Waals surface area contributed by atoms with Crippen LogP contribution in [0.15, 0.2) is 0 Å². The topological polar surface area (TPSA) is 50.9 Å². The SMILES string of the molecule is CCC(C)C(NN)c1sc(C)nc1C. The van der Waals surface area contributed by atoms with Gasteiger partial charge in [0.15, 0.2) is 0 Å². The molecular formula is C10H19N3S. The number of hydrogen-bond acceptors (Lipinski definition) is 4. The minimum absolute atomic E-state index is 0.242. The molecule has 0 radical (unpaired) electrons. The predicted molar refractivity (Wildman–Crippen MR) is 61.1 cm³/mol. The predicted octanol–water partition coefficient (Wildman–Crippen LogP) is 2.31. The third-order valence-corrected chi connectivity index (χ3v) is 3.77. The number of hydrogen-bond donors (Lipinski definition) is 2. The summed E-state index contributed by atoms with van der Waals surface area (Å²) >= 11 is 1.74. The molecule has 3 N–H and O–H groups in total. The molecule has 0 fully saturated rings. The number of nitrogens with one attached hydrogen (secondary N) is 1. The van der Waals surface area contributed by atoms with Crippen molar-refractivity contribution in [2.45, 2.75) is 40.2 Å². The molecule has 1 aromatic heterocycles. The van der Waals surface area contributed by atoms with Gasteiger partial charge in [-0.1, -0.05) is 20.3 Å². The van der Waals surface area contributed by atoms with Crippen molar-refractivity contribution in [2.75, 3.05) is 0 Å². The summed E-state index contributed by atoms with van der Waals surface area (Å²) < 4.78 is 0. The second-order valence-electron chi connectivity index (χ2n) is 3.71. The fraction of sp³-hybridized carbons (Fsp3) is 0.700. The van der Waals surface area contributed by atoms with E-state index in [9.17, 15) is 0 Å². The summed E-state index contributed by atoms with van der Waals surface area (Å²) in [6.07, 6.45) is 1.12. The Morgan fingerprint density at radius 3 is 2.50 bits per heavy atom. The molecule has 1 aromatic rings. The smallest absolute Gasteiger partial charge is 0.0900 e. The van der Waals surface area contributed by atoms with Crippen LogP contribution in [0.2, 0.25) is 0 Å². The Hall–Kier alpha value is -0.450. The zero-order valence-corrected chi connectivity index (χ0v) is 10.1. The van der Waals surface area contributed by atoms with Crippen LogP contribution >= 0.6 is 11.3 Å². The lowest BCUT2D eigenvalue weighted by Crippen LogP contribution is -2.32. The molecule has 1 heterocycles. The highest BCUT2D eigenvalue weighted by Gasteiger charge is 2.20. The summed E-state index contributed by atoms with van der Waals surface area (Å²) in [5.74, 6) is 6.13. The number of nitrogens with zero attached hydrogens (tertiary/aromatic N) is 1. The maximum Gasteiger partial charge on any atom is 0.0900 e. The summed E-state index contributed by atoms with van der Waals surface area (Å²) in [4.78, 5) is 5.70. The van der Waals surface area contributed by atoms with Crippen LogP contribution in [-0.2, 0) is 0 Å². The first-order valence-electron chi connectivity index (χ1n) is 5.00. The molecular weight excluding hydrogens is 194 g/mol. The first kappa shape index (κ1) is 11.6. The summed E-state index contributed by atoms with van der Waals surface area (Å²) in [5.41, 5.74) is 4.00. The summed E-state index contributed by atoms with van der Waals surface area (Å²) in [6, 6.07) is 0.242. The lowest BCUT2D eigenvalue weighted by molar-refractivity contribution is 0.386. The van der Waals surface area contributed by atoms with Crippen LogP contribution in [0, 0.1) is 19.8 Å². The molecule has 14 heavy (non-hydrogen) atoms. The van der Waals surface area contributed by atoms with Gasteiger partial charge in [0, 0.05) is 4.88 Å². The van der Waals surface area contributed by atoms with Gasteiger partial charge in [-0.3, -0.25) is 11.3 Å². The Bertz CT molecular complexity index is 296. The quantitative estimate of drug-likeness (QED) is 0.596. The normalized spacial score (nSPS) is 15.5. The number of aromatic nitrogens is 1. The summed E-state index contributed by atoms with van der Waals surface area (Å²) in [6.45, 7) is 8.47. The van der Waals surface area contributed by atoms with Crippen molar-refractivity contribution in [2.24, 2.45) is 11.8 Å². The second-order valence-corrected chi connectivity index (χ2v) is 4.95. The van der Waals surface area contributed by atoms with Crippen LogP contribution in [0.1, 0.15) is 41.9 Å². The molecule has 0 saturated heterocycles. The van der Waals surface area contributed by atoms with E-state index >= 15 is 0 Å². The van der Waals surface area contributed by atoms with Crippen LogP contribution in [0.25, 0.3) is 0 Å². The number of rotatable bonds is 4. The van der Waals surface area contributed by atoms with Crippen LogP contribution in [0.4, 0.5) is 0 Å². The van der Waals surface area contributed by atoms with E-state index in [1.807, 2.05) is 13.8 Å². The van der Waals surface area contributed by atoms with Crippen molar-refractivity contribution in [1.82, 2.24) is 10.4 Å². The highest BCUT2D eigenvalue weighted by molar-refractivity contribution is 7.11. The van der Waals surface area contributed by atoms with E-state index in [-0.39, 0.29) is 6.04 Å².